The average Bonchev–Trinajstić information content (AvgIpc) is 1.99. The SMILES string of the molecule is CCCC(O)C(O)(O)C(O)(O)O.O=P(O)(O)O. The summed E-state index contributed by atoms with van der Waals surface area (Å²) in [6.07, 6.45) is -1.49. The maximum absolute atomic E-state index is 8.93. The van der Waals surface area contributed by atoms with E-state index in [4.69, 9.17) is 49.9 Å². The summed E-state index contributed by atoms with van der Waals surface area (Å²) in [5.74, 6) is -7.05. The van der Waals surface area contributed by atoms with Crippen LogP contribution in [0.4, 0.5) is 0 Å². The largest absolute Gasteiger partial charge is 0.466 e. The van der Waals surface area contributed by atoms with E-state index >= 15 is 0 Å². The van der Waals surface area contributed by atoms with Crippen LogP contribution in [0.3, 0.4) is 0 Å². The molecule has 0 bridgehead atoms. The first-order valence-electron chi connectivity index (χ1n) is 4.31. The van der Waals surface area contributed by atoms with E-state index < -0.39 is 25.7 Å². The van der Waals surface area contributed by atoms with Gasteiger partial charge in [-0.25, -0.2) is 4.57 Å². The van der Waals surface area contributed by atoms with E-state index in [0.717, 1.165) is 0 Å². The van der Waals surface area contributed by atoms with Crippen molar-refractivity contribution in [3.8, 4) is 0 Å². The monoisotopic (exact) mass is 280 g/mol. The van der Waals surface area contributed by atoms with Crippen LogP contribution < -0.4 is 0 Å². The molecule has 1 atom stereocenters. The Balaban J connectivity index is 0. The van der Waals surface area contributed by atoms with Crippen LogP contribution in [0.2, 0.25) is 0 Å². The predicted molar refractivity (Wildman–Crippen MR) is 51.7 cm³/mol. The van der Waals surface area contributed by atoms with Gasteiger partial charge < -0.3 is 45.3 Å². The second-order valence-corrected chi connectivity index (χ2v) is 4.21. The van der Waals surface area contributed by atoms with Gasteiger partial charge in [0.25, 0.3) is 5.79 Å². The molecule has 0 aliphatic heterocycles. The van der Waals surface area contributed by atoms with E-state index in [1.807, 2.05) is 0 Å². The van der Waals surface area contributed by atoms with Gasteiger partial charge in [-0.2, -0.15) is 0 Å². The van der Waals surface area contributed by atoms with Crippen LogP contribution in [-0.2, 0) is 4.57 Å². The fraction of sp³-hybridized carbons (Fsp3) is 1.00. The lowest BCUT2D eigenvalue weighted by molar-refractivity contribution is -0.464. The zero-order valence-electron chi connectivity index (χ0n) is 8.87. The van der Waals surface area contributed by atoms with Gasteiger partial charge in [0, 0.05) is 0 Å². The van der Waals surface area contributed by atoms with Gasteiger partial charge in [0.15, 0.2) is 0 Å². The molecule has 1 unspecified atom stereocenters. The fourth-order valence-corrected chi connectivity index (χ4v) is 0.698. The number of hydrogen-bond donors (Lipinski definition) is 9. The van der Waals surface area contributed by atoms with Crippen molar-refractivity contribution in [1.82, 2.24) is 0 Å². The normalized spacial score (nSPS) is 14.9. The van der Waals surface area contributed by atoms with Crippen molar-refractivity contribution in [2.75, 3.05) is 0 Å². The van der Waals surface area contributed by atoms with E-state index in [1.165, 1.54) is 0 Å². The Hall–Kier alpha value is -0.130. The zero-order valence-corrected chi connectivity index (χ0v) is 9.77. The molecule has 0 radical (unpaired) electrons. The molecule has 9 N–H and O–H groups in total. The lowest BCUT2D eigenvalue weighted by Crippen LogP contribution is -2.61. The lowest BCUT2D eigenvalue weighted by Gasteiger charge is -2.33. The third-order valence-electron chi connectivity index (χ3n) is 1.52. The molecule has 17 heavy (non-hydrogen) atoms. The number of aliphatic hydroxyl groups is 6. The predicted octanol–water partition coefficient (Wildman–Crippen LogP) is -3.47. The highest BCUT2D eigenvalue weighted by Crippen LogP contribution is 2.25. The summed E-state index contributed by atoms with van der Waals surface area (Å²) in [5, 5.41) is 51.7. The molecule has 0 aromatic rings. The Labute approximate surface area is 96.3 Å². The summed E-state index contributed by atoms with van der Waals surface area (Å²) in [7, 11) is -4.64. The van der Waals surface area contributed by atoms with Crippen molar-refractivity contribution in [2.24, 2.45) is 0 Å². The first-order chi connectivity index (χ1) is 7.23. The Morgan fingerprint density at radius 2 is 1.35 bits per heavy atom. The van der Waals surface area contributed by atoms with Crippen LogP contribution in [0, 0.1) is 0 Å². The fourth-order valence-electron chi connectivity index (χ4n) is 0.698. The van der Waals surface area contributed by atoms with E-state index in [1.54, 1.807) is 6.92 Å². The van der Waals surface area contributed by atoms with Gasteiger partial charge in [0.1, 0.15) is 6.10 Å². The maximum atomic E-state index is 8.93. The summed E-state index contributed by atoms with van der Waals surface area (Å²) in [4.78, 5) is 21.6. The van der Waals surface area contributed by atoms with Crippen molar-refractivity contribution in [2.45, 2.75) is 37.6 Å². The molecule has 0 aromatic carbocycles. The Morgan fingerprint density at radius 3 is 1.53 bits per heavy atom. The van der Waals surface area contributed by atoms with Crippen molar-refractivity contribution in [1.29, 1.82) is 0 Å². The van der Waals surface area contributed by atoms with E-state index in [-0.39, 0.29) is 6.42 Å². The molecule has 0 fully saturated rings. The van der Waals surface area contributed by atoms with Crippen LogP contribution in [0.15, 0.2) is 0 Å². The van der Waals surface area contributed by atoms with Crippen LogP contribution >= 0.6 is 7.82 Å². The van der Waals surface area contributed by atoms with E-state index in [2.05, 4.69) is 0 Å². The first-order valence-corrected chi connectivity index (χ1v) is 5.88. The average molecular weight is 280 g/mol. The smallest absolute Gasteiger partial charge is 0.387 e. The van der Waals surface area contributed by atoms with Gasteiger partial charge in [-0.1, -0.05) is 13.3 Å². The van der Waals surface area contributed by atoms with E-state index in [9.17, 15) is 0 Å². The topological polar surface area (TPSA) is 199 Å². The van der Waals surface area contributed by atoms with Crippen molar-refractivity contribution >= 4 is 7.82 Å². The number of aliphatic hydroxyl groups excluding tert-OH is 1. The third-order valence-corrected chi connectivity index (χ3v) is 1.52. The number of phosphoric acid groups is 1. The molecule has 11 heteroatoms. The highest BCUT2D eigenvalue weighted by Gasteiger charge is 2.51. The molecule has 0 amide bonds. The molecule has 0 rings (SSSR count). The summed E-state index contributed by atoms with van der Waals surface area (Å²) < 4.78 is 8.88. The minimum absolute atomic E-state index is 0.0730. The zero-order chi connectivity index (χ0) is 14.5. The molecule has 0 aromatic heterocycles. The van der Waals surface area contributed by atoms with Crippen molar-refractivity contribution in [3.63, 3.8) is 0 Å². The Bertz CT molecular complexity index is 244. The van der Waals surface area contributed by atoms with Gasteiger partial charge in [-0.3, -0.25) is 0 Å². The van der Waals surface area contributed by atoms with Crippen LogP contribution in [0.1, 0.15) is 19.8 Å². The van der Waals surface area contributed by atoms with Gasteiger partial charge in [0.05, 0.1) is 0 Å². The number of hydrogen-bond acceptors (Lipinski definition) is 7. The van der Waals surface area contributed by atoms with Crippen LogP contribution in [0.5, 0.6) is 0 Å². The van der Waals surface area contributed by atoms with Gasteiger partial charge in [-0.05, 0) is 6.42 Å². The molecule has 0 aliphatic carbocycles. The summed E-state index contributed by atoms with van der Waals surface area (Å²) >= 11 is 0. The number of rotatable bonds is 4. The van der Waals surface area contributed by atoms with Gasteiger partial charge in [-0.15, -0.1) is 0 Å². The molecule has 106 valence electrons. The molecular formula is C6H17O10P. The molecule has 10 nitrogen and oxygen atoms in total. The van der Waals surface area contributed by atoms with Crippen LogP contribution in [0.25, 0.3) is 0 Å². The summed E-state index contributed by atoms with van der Waals surface area (Å²) in [5.41, 5.74) is 0. The second kappa shape index (κ2) is 6.71. The van der Waals surface area contributed by atoms with Crippen molar-refractivity contribution < 1.29 is 49.9 Å². The van der Waals surface area contributed by atoms with Gasteiger partial charge >= 0.3 is 13.8 Å². The standard InChI is InChI=1S/C6H14O6.H3O4P/c1-2-3-4(7)5(8,9)6(10,11)12;1-5(2,3)4/h4,7-12H,2-3H2,1H3;(H3,1,2,3,4). The Kier molecular flexibility index (Phi) is 7.58. The summed E-state index contributed by atoms with van der Waals surface area (Å²) in [6, 6.07) is 0. The highest BCUT2D eigenvalue weighted by molar-refractivity contribution is 7.45. The van der Waals surface area contributed by atoms with Crippen molar-refractivity contribution in [3.05, 3.63) is 0 Å². The van der Waals surface area contributed by atoms with Crippen LogP contribution in [-0.4, -0.2) is 63.2 Å². The first kappa shape index (κ1) is 19.2. The Morgan fingerprint density at radius 1 is 1.06 bits per heavy atom. The van der Waals surface area contributed by atoms with E-state index in [0.29, 0.717) is 6.42 Å². The highest BCUT2D eigenvalue weighted by atomic mass is 31.2. The molecule has 0 aliphatic rings. The molecular weight excluding hydrogens is 263 g/mol. The molecule has 0 saturated heterocycles. The molecule has 0 saturated carbocycles. The quantitative estimate of drug-likeness (QED) is 0.184. The lowest BCUT2D eigenvalue weighted by atomic mass is 10.0. The van der Waals surface area contributed by atoms with Gasteiger partial charge in [0.2, 0.25) is 0 Å². The molecule has 0 heterocycles. The maximum Gasteiger partial charge on any atom is 0.466 e. The summed E-state index contributed by atoms with van der Waals surface area (Å²) in [6.45, 7) is 1.65. The third kappa shape index (κ3) is 9.56. The minimum Gasteiger partial charge on any atom is -0.387 e. The molecule has 0 spiro atoms. The second-order valence-electron chi connectivity index (χ2n) is 3.18. The minimum atomic E-state index is -4.64.